The molecule has 0 aliphatic carbocycles. The first-order valence-electron chi connectivity index (χ1n) is 8.65. The van der Waals surface area contributed by atoms with E-state index in [1.807, 2.05) is 12.1 Å². The van der Waals surface area contributed by atoms with Crippen LogP contribution >= 0.6 is 0 Å². The van der Waals surface area contributed by atoms with Crippen molar-refractivity contribution in [1.82, 2.24) is 15.0 Å². The number of nitriles is 1. The third-order valence-corrected chi connectivity index (χ3v) is 4.90. The molecule has 2 aliphatic rings. The van der Waals surface area contributed by atoms with Crippen LogP contribution in [0, 0.1) is 11.3 Å². The minimum atomic E-state index is -0.349. The summed E-state index contributed by atoms with van der Waals surface area (Å²) in [5.74, 6) is 0.775. The predicted octanol–water partition coefficient (Wildman–Crippen LogP) is 1.82. The van der Waals surface area contributed by atoms with Crippen molar-refractivity contribution < 1.29 is 14.1 Å². The smallest absolute Gasteiger partial charge is 0.292 e. The van der Waals surface area contributed by atoms with Crippen molar-refractivity contribution in [2.24, 2.45) is 0 Å². The van der Waals surface area contributed by atoms with Gasteiger partial charge in [0, 0.05) is 19.0 Å². The molecule has 134 valence electrons. The number of likely N-dealkylation sites (tertiary alicyclic amines) is 1. The van der Waals surface area contributed by atoms with Crippen LogP contribution in [0.3, 0.4) is 0 Å². The summed E-state index contributed by atoms with van der Waals surface area (Å²) >= 11 is 0. The predicted molar refractivity (Wildman–Crippen MR) is 91.3 cm³/mol. The van der Waals surface area contributed by atoms with E-state index < -0.39 is 0 Å². The molecule has 0 aromatic carbocycles. The highest BCUT2D eigenvalue weighted by Crippen LogP contribution is 2.36. The van der Waals surface area contributed by atoms with Crippen LogP contribution in [-0.4, -0.2) is 52.3 Å². The molecule has 0 unspecified atom stereocenters. The lowest BCUT2D eigenvalue weighted by Gasteiger charge is -2.39. The fraction of sp³-hybridized carbons (Fsp3) is 0.444. The normalized spacial score (nSPS) is 25.2. The van der Waals surface area contributed by atoms with Crippen molar-refractivity contribution >= 4 is 11.7 Å². The highest BCUT2D eigenvalue weighted by atomic mass is 16.5. The topological polar surface area (TPSA) is 104 Å². The molecule has 4 rings (SSSR count). The van der Waals surface area contributed by atoms with Crippen molar-refractivity contribution in [1.29, 1.82) is 5.26 Å². The number of pyridine rings is 1. The lowest BCUT2D eigenvalue weighted by Crippen LogP contribution is -2.50. The average molecular weight is 353 g/mol. The summed E-state index contributed by atoms with van der Waals surface area (Å²) < 4.78 is 11.1. The van der Waals surface area contributed by atoms with Gasteiger partial charge in [-0.3, -0.25) is 4.79 Å². The Kier molecular flexibility index (Phi) is 4.31. The van der Waals surface area contributed by atoms with Gasteiger partial charge in [0.2, 0.25) is 5.76 Å². The first kappa shape index (κ1) is 16.5. The van der Waals surface area contributed by atoms with Gasteiger partial charge in [-0.1, -0.05) is 11.2 Å². The summed E-state index contributed by atoms with van der Waals surface area (Å²) in [6.45, 7) is 1.77. The lowest BCUT2D eigenvalue weighted by atomic mass is 9.88. The lowest BCUT2D eigenvalue weighted by molar-refractivity contribution is -0.0454. The largest absolute Gasteiger partial charge is 0.371 e. The Morgan fingerprint density at radius 3 is 3.15 bits per heavy atom. The molecule has 2 atom stereocenters. The maximum Gasteiger partial charge on any atom is 0.292 e. The van der Waals surface area contributed by atoms with Crippen molar-refractivity contribution in [2.45, 2.75) is 30.9 Å². The molecule has 2 saturated heterocycles. The molecular weight excluding hydrogens is 334 g/mol. The fourth-order valence-electron chi connectivity index (χ4n) is 3.76. The van der Waals surface area contributed by atoms with E-state index in [9.17, 15) is 4.79 Å². The number of rotatable bonds is 3. The Bertz CT molecular complexity index is 832. The standard InChI is InChI=1S/C18H19N5O3/c19-10-13-3-1-4-16(21-13)22-14-9-18(25-11-14)6-2-8-23(12-18)17(24)15-5-7-20-26-15/h1,3-5,7,14H,2,6,8-9,11-12H2,(H,21,22)/t14-,18+/m0/s1. The van der Waals surface area contributed by atoms with Gasteiger partial charge in [0.15, 0.2) is 0 Å². The SMILES string of the molecule is N#Cc1cccc(N[C@@H]2CO[C@]3(CCCN(C(=O)c4ccno4)C3)C2)n1. The zero-order valence-corrected chi connectivity index (χ0v) is 14.2. The summed E-state index contributed by atoms with van der Waals surface area (Å²) in [5.41, 5.74) is 0.0310. The van der Waals surface area contributed by atoms with Gasteiger partial charge < -0.3 is 19.5 Å². The van der Waals surface area contributed by atoms with E-state index in [2.05, 4.69) is 15.5 Å². The number of hydrogen-bond acceptors (Lipinski definition) is 7. The van der Waals surface area contributed by atoms with Gasteiger partial charge in [0.25, 0.3) is 5.91 Å². The molecular formula is C18H19N5O3. The van der Waals surface area contributed by atoms with Gasteiger partial charge in [-0.05, 0) is 25.0 Å². The number of aromatic nitrogens is 2. The Labute approximate surface area is 150 Å². The number of piperidine rings is 1. The van der Waals surface area contributed by atoms with Gasteiger partial charge >= 0.3 is 0 Å². The number of amides is 1. The molecule has 2 aromatic heterocycles. The zero-order valence-electron chi connectivity index (χ0n) is 14.2. The van der Waals surface area contributed by atoms with E-state index in [1.54, 1.807) is 23.1 Å². The number of anilines is 1. The van der Waals surface area contributed by atoms with Crippen LogP contribution in [0.2, 0.25) is 0 Å². The van der Waals surface area contributed by atoms with E-state index in [0.717, 1.165) is 19.3 Å². The van der Waals surface area contributed by atoms with Crippen LogP contribution in [0.4, 0.5) is 5.82 Å². The number of carbonyl (C=O) groups is 1. The molecule has 8 nitrogen and oxygen atoms in total. The molecule has 0 radical (unpaired) electrons. The van der Waals surface area contributed by atoms with E-state index >= 15 is 0 Å². The van der Waals surface area contributed by atoms with Crippen LogP contribution in [0.25, 0.3) is 0 Å². The zero-order chi connectivity index (χ0) is 18.0. The molecule has 0 bridgehead atoms. The quantitative estimate of drug-likeness (QED) is 0.897. The summed E-state index contributed by atoms with van der Waals surface area (Å²) in [5, 5.41) is 15.9. The van der Waals surface area contributed by atoms with Gasteiger partial charge in [0.1, 0.15) is 17.6 Å². The molecule has 2 aliphatic heterocycles. The number of carbonyl (C=O) groups excluding carboxylic acids is 1. The summed E-state index contributed by atoms with van der Waals surface area (Å²) in [6, 6.07) is 9.03. The maximum absolute atomic E-state index is 12.5. The fourth-order valence-corrected chi connectivity index (χ4v) is 3.76. The highest BCUT2D eigenvalue weighted by molar-refractivity contribution is 5.91. The summed E-state index contributed by atoms with van der Waals surface area (Å²) in [7, 11) is 0. The Balaban J connectivity index is 1.41. The molecule has 1 amide bonds. The minimum absolute atomic E-state index is 0.0942. The minimum Gasteiger partial charge on any atom is -0.371 e. The van der Waals surface area contributed by atoms with Crippen LogP contribution in [0.15, 0.2) is 35.0 Å². The van der Waals surface area contributed by atoms with Crippen molar-refractivity contribution in [3.05, 3.63) is 41.9 Å². The van der Waals surface area contributed by atoms with E-state index in [1.165, 1.54) is 6.20 Å². The van der Waals surface area contributed by atoms with Gasteiger partial charge in [-0.2, -0.15) is 5.26 Å². The van der Waals surface area contributed by atoms with E-state index in [0.29, 0.717) is 31.2 Å². The number of hydrogen-bond donors (Lipinski definition) is 1. The van der Waals surface area contributed by atoms with Crippen molar-refractivity contribution in [3.8, 4) is 6.07 Å². The van der Waals surface area contributed by atoms with Gasteiger partial charge in [0.05, 0.1) is 31.0 Å². The van der Waals surface area contributed by atoms with Crippen LogP contribution < -0.4 is 5.32 Å². The molecule has 2 fully saturated rings. The molecule has 0 saturated carbocycles. The third kappa shape index (κ3) is 3.26. The molecule has 8 heteroatoms. The number of nitrogens with one attached hydrogen (secondary N) is 1. The van der Waals surface area contributed by atoms with Crippen LogP contribution in [0.1, 0.15) is 35.5 Å². The third-order valence-electron chi connectivity index (χ3n) is 4.90. The first-order chi connectivity index (χ1) is 12.7. The second-order valence-corrected chi connectivity index (χ2v) is 6.77. The van der Waals surface area contributed by atoms with Crippen molar-refractivity contribution in [3.63, 3.8) is 0 Å². The maximum atomic E-state index is 12.5. The monoisotopic (exact) mass is 353 g/mol. The molecule has 4 heterocycles. The molecule has 1 spiro atoms. The molecule has 2 aromatic rings. The van der Waals surface area contributed by atoms with E-state index in [4.69, 9.17) is 14.5 Å². The highest BCUT2D eigenvalue weighted by Gasteiger charge is 2.45. The van der Waals surface area contributed by atoms with Crippen LogP contribution in [-0.2, 0) is 4.74 Å². The number of ether oxygens (including phenoxy) is 1. The van der Waals surface area contributed by atoms with Crippen LogP contribution in [0.5, 0.6) is 0 Å². The first-order valence-corrected chi connectivity index (χ1v) is 8.65. The number of nitrogens with zero attached hydrogens (tertiary/aromatic N) is 4. The Morgan fingerprint density at radius 1 is 1.42 bits per heavy atom. The van der Waals surface area contributed by atoms with Gasteiger partial charge in [-0.15, -0.1) is 0 Å². The van der Waals surface area contributed by atoms with Crippen molar-refractivity contribution in [2.75, 3.05) is 25.0 Å². The summed E-state index contributed by atoms with van der Waals surface area (Å²) in [4.78, 5) is 18.6. The Hall–Kier alpha value is -2.92. The molecule has 1 N–H and O–H groups in total. The van der Waals surface area contributed by atoms with Gasteiger partial charge in [-0.25, -0.2) is 4.98 Å². The van der Waals surface area contributed by atoms with E-state index in [-0.39, 0.29) is 23.3 Å². The second-order valence-electron chi connectivity index (χ2n) is 6.77. The summed E-state index contributed by atoms with van der Waals surface area (Å²) in [6.07, 6.45) is 4.05. The molecule has 26 heavy (non-hydrogen) atoms. The second kappa shape index (κ2) is 6.77. The Morgan fingerprint density at radius 2 is 2.35 bits per heavy atom. The average Bonchev–Trinajstić information content (AvgIpc) is 3.32.